The molecule has 0 fully saturated rings. The Labute approximate surface area is 120 Å². The number of benzene rings is 1. The fraction of sp³-hybridized carbons (Fsp3) is 0.286. The Hall–Kier alpha value is -2.31. The van der Waals surface area contributed by atoms with Crippen molar-refractivity contribution >= 4 is 5.82 Å². The first kappa shape index (κ1) is 15.1. The second kappa shape index (κ2) is 5.99. The lowest BCUT2D eigenvalue weighted by atomic mass is 10.2. The van der Waals surface area contributed by atoms with E-state index in [0.29, 0.717) is 17.9 Å². The number of aromatic nitrogens is 2. The lowest BCUT2D eigenvalue weighted by Crippen LogP contribution is -2.19. The van der Waals surface area contributed by atoms with E-state index in [1.165, 1.54) is 24.5 Å². The highest BCUT2D eigenvalue weighted by Gasteiger charge is 2.31. The van der Waals surface area contributed by atoms with Crippen molar-refractivity contribution in [2.45, 2.75) is 19.8 Å². The van der Waals surface area contributed by atoms with Crippen LogP contribution >= 0.6 is 0 Å². The van der Waals surface area contributed by atoms with Gasteiger partial charge in [-0.15, -0.1) is 13.2 Å². The topological polar surface area (TPSA) is 38.2 Å². The van der Waals surface area contributed by atoms with Gasteiger partial charge < -0.3 is 9.64 Å². The summed E-state index contributed by atoms with van der Waals surface area (Å²) in [5.74, 6) is 0.469. The van der Waals surface area contributed by atoms with Crippen LogP contribution in [0.3, 0.4) is 0 Å². The van der Waals surface area contributed by atoms with E-state index in [0.717, 1.165) is 5.69 Å². The second-order valence-corrected chi connectivity index (χ2v) is 4.57. The summed E-state index contributed by atoms with van der Waals surface area (Å²) in [7, 11) is 1.80. The van der Waals surface area contributed by atoms with Crippen LogP contribution in [0.4, 0.5) is 19.0 Å². The van der Waals surface area contributed by atoms with Crippen LogP contribution in [-0.4, -0.2) is 23.4 Å². The number of aryl methyl sites for hydroxylation is 1. The van der Waals surface area contributed by atoms with Gasteiger partial charge in [-0.2, -0.15) is 0 Å². The first-order chi connectivity index (χ1) is 9.83. The molecule has 112 valence electrons. The van der Waals surface area contributed by atoms with E-state index in [1.54, 1.807) is 19.2 Å². The molecule has 0 aliphatic carbocycles. The average Bonchev–Trinajstić information content (AvgIpc) is 2.37. The predicted octanol–water partition coefficient (Wildman–Crippen LogP) is 3.32. The molecule has 0 unspecified atom stereocenters. The fourth-order valence-corrected chi connectivity index (χ4v) is 1.85. The molecule has 4 nitrogen and oxygen atoms in total. The molecule has 2 aromatic rings. The van der Waals surface area contributed by atoms with E-state index in [-0.39, 0.29) is 5.75 Å². The smallest absolute Gasteiger partial charge is 0.406 e. The Kier molecular flexibility index (Phi) is 4.30. The summed E-state index contributed by atoms with van der Waals surface area (Å²) in [6.07, 6.45) is -3.24. The maximum absolute atomic E-state index is 12.2. The summed E-state index contributed by atoms with van der Waals surface area (Å²) in [6.45, 7) is 2.25. The number of hydrogen-bond donors (Lipinski definition) is 0. The van der Waals surface area contributed by atoms with Crippen LogP contribution in [0.5, 0.6) is 5.75 Å². The third-order valence-electron chi connectivity index (χ3n) is 2.73. The van der Waals surface area contributed by atoms with Crippen LogP contribution in [0, 0.1) is 6.92 Å². The zero-order chi connectivity index (χ0) is 15.5. The fourth-order valence-electron chi connectivity index (χ4n) is 1.85. The van der Waals surface area contributed by atoms with Crippen LogP contribution in [0.1, 0.15) is 11.3 Å². The third kappa shape index (κ3) is 4.62. The van der Waals surface area contributed by atoms with E-state index in [4.69, 9.17) is 0 Å². The molecule has 0 radical (unpaired) electrons. The van der Waals surface area contributed by atoms with Crippen molar-refractivity contribution in [1.82, 2.24) is 9.97 Å². The van der Waals surface area contributed by atoms with Gasteiger partial charge in [0.05, 0.1) is 0 Å². The van der Waals surface area contributed by atoms with Gasteiger partial charge in [0.15, 0.2) is 0 Å². The largest absolute Gasteiger partial charge is 0.573 e. The highest BCUT2D eigenvalue weighted by atomic mass is 19.4. The monoisotopic (exact) mass is 297 g/mol. The molecule has 0 aliphatic rings. The SMILES string of the molecule is Cc1cc(N(C)Cc2cccc(OC(F)(F)F)c2)ncn1. The van der Waals surface area contributed by atoms with Gasteiger partial charge in [-0.25, -0.2) is 9.97 Å². The lowest BCUT2D eigenvalue weighted by molar-refractivity contribution is -0.274. The van der Waals surface area contributed by atoms with E-state index in [9.17, 15) is 13.2 Å². The highest BCUT2D eigenvalue weighted by Crippen LogP contribution is 2.24. The summed E-state index contributed by atoms with van der Waals surface area (Å²) >= 11 is 0. The van der Waals surface area contributed by atoms with Gasteiger partial charge in [0.1, 0.15) is 17.9 Å². The molecule has 0 amide bonds. The predicted molar refractivity (Wildman–Crippen MR) is 72.0 cm³/mol. The minimum atomic E-state index is -4.69. The van der Waals surface area contributed by atoms with Crippen LogP contribution in [0.2, 0.25) is 0 Å². The highest BCUT2D eigenvalue weighted by molar-refractivity contribution is 5.40. The normalized spacial score (nSPS) is 11.3. The maximum atomic E-state index is 12.2. The summed E-state index contributed by atoms with van der Waals surface area (Å²) in [6, 6.07) is 7.68. The Morgan fingerprint density at radius 3 is 2.62 bits per heavy atom. The summed E-state index contributed by atoms with van der Waals surface area (Å²) in [4.78, 5) is 9.94. The molecule has 0 aliphatic heterocycles. The van der Waals surface area contributed by atoms with Gasteiger partial charge in [-0.1, -0.05) is 12.1 Å². The minimum Gasteiger partial charge on any atom is -0.406 e. The Morgan fingerprint density at radius 1 is 1.19 bits per heavy atom. The standard InChI is InChI=1S/C14H14F3N3O/c1-10-6-13(19-9-18-10)20(2)8-11-4-3-5-12(7-11)21-14(15,16)17/h3-7,9H,8H2,1-2H3. The van der Waals surface area contributed by atoms with Crippen molar-refractivity contribution in [2.75, 3.05) is 11.9 Å². The maximum Gasteiger partial charge on any atom is 0.573 e. The quantitative estimate of drug-likeness (QED) is 0.867. The molecule has 0 saturated heterocycles. The van der Waals surface area contributed by atoms with Crippen molar-refractivity contribution in [3.05, 3.63) is 47.9 Å². The number of hydrogen-bond acceptors (Lipinski definition) is 4. The first-order valence-electron chi connectivity index (χ1n) is 6.18. The van der Waals surface area contributed by atoms with Crippen molar-refractivity contribution < 1.29 is 17.9 Å². The molecule has 1 heterocycles. The molecular weight excluding hydrogens is 283 g/mol. The van der Waals surface area contributed by atoms with Gasteiger partial charge >= 0.3 is 6.36 Å². The molecule has 1 aromatic heterocycles. The first-order valence-corrected chi connectivity index (χ1v) is 6.18. The molecule has 1 aromatic carbocycles. The Bertz CT molecular complexity index is 616. The van der Waals surface area contributed by atoms with Crippen LogP contribution < -0.4 is 9.64 Å². The number of nitrogens with zero attached hydrogens (tertiary/aromatic N) is 3. The summed E-state index contributed by atoms with van der Waals surface area (Å²) in [5, 5.41) is 0. The van der Waals surface area contributed by atoms with Crippen LogP contribution in [0.15, 0.2) is 36.7 Å². The summed E-state index contributed by atoms with van der Waals surface area (Å²) < 4.78 is 40.5. The van der Waals surface area contributed by atoms with E-state index in [2.05, 4.69) is 14.7 Å². The van der Waals surface area contributed by atoms with Crippen molar-refractivity contribution in [2.24, 2.45) is 0 Å². The third-order valence-corrected chi connectivity index (χ3v) is 2.73. The van der Waals surface area contributed by atoms with E-state index < -0.39 is 6.36 Å². The Morgan fingerprint density at radius 2 is 1.95 bits per heavy atom. The minimum absolute atomic E-state index is 0.229. The van der Waals surface area contributed by atoms with Crippen molar-refractivity contribution in [3.8, 4) is 5.75 Å². The molecule has 0 saturated carbocycles. The number of halogens is 3. The van der Waals surface area contributed by atoms with Crippen molar-refractivity contribution in [3.63, 3.8) is 0 Å². The van der Waals surface area contributed by atoms with Gasteiger partial charge in [-0.3, -0.25) is 0 Å². The number of rotatable bonds is 4. The number of anilines is 1. The van der Waals surface area contributed by atoms with Gasteiger partial charge in [-0.05, 0) is 24.6 Å². The van der Waals surface area contributed by atoms with Gasteiger partial charge in [0.25, 0.3) is 0 Å². The second-order valence-electron chi connectivity index (χ2n) is 4.57. The lowest BCUT2D eigenvalue weighted by Gasteiger charge is -2.19. The molecule has 0 bridgehead atoms. The zero-order valence-corrected chi connectivity index (χ0v) is 11.6. The molecule has 0 spiro atoms. The molecule has 0 atom stereocenters. The number of alkyl halides is 3. The van der Waals surface area contributed by atoms with Crippen LogP contribution in [0.25, 0.3) is 0 Å². The zero-order valence-electron chi connectivity index (χ0n) is 11.6. The van der Waals surface area contributed by atoms with E-state index >= 15 is 0 Å². The average molecular weight is 297 g/mol. The molecule has 21 heavy (non-hydrogen) atoms. The molecule has 7 heteroatoms. The molecular formula is C14H14F3N3O. The van der Waals surface area contributed by atoms with Gasteiger partial charge in [0.2, 0.25) is 0 Å². The van der Waals surface area contributed by atoms with Crippen LogP contribution in [-0.2, 0) is 6.54 Å². The Balaban J connectivity index is 2.11. The van der Waals surface area contributed by atoms with Crippen molar-refractivity contribution in [1.29, 1.82) is 0 Å². The molecule has 2 rings (SSSR count). The number of ether oxygens (including phenoxy) is 1. The van der Waals surface area contributed by atoms with Gasteiger partial charge in [0, 0.05) is 25.4 Å². The van der Waals surface area contributed by atoms with E-state index in [1.807, 2.05) is 11.8 Å². The molecule has 0 N–H and O–H groups in total. The summed E-state index contributed by atoms with van der Waals surface area (Å²) in [5.41, 5.74) is 1.51.